The Balaban J connectivity index is 2.35. The molecule has 0 saturated carbocycles. The highest BCUT2D eigenvalue weighted by atomic mass is 32.2. The van der Waals surface area contributed by atoms with Gasteiger partial charge in [-0.25, -0.2) is 0 Å². The summed E-state index contributed by atoms with van der Waals surface area (Å²) in [5, 5.41) is 0. The molecule has 0 aliphatic carbocycles. The molecule has 2 atom stereocenters. The number of rotatable bonds is 3. The summed E-state index contributed by atoms with van der Waals surface area (Å²) in [6.07, 6.45) is 1.22. The standard InChI is InChI=1S/C14H21NOS/c1-9-6-10(2)13(12(7-9)16-3)14(15)11-4-5-17-8-11/h6-7,11,14H,4-5,8,15H2,1-3H3. The number of hydrogen-bond donors (Lipinski definition) is 1. The van der Waals surface area contributed by atoms with Gasteiger partial charge in [-0.15, -0.1) is 0 Å². The van der Waals surface area contributed by atoms with Gasteiger partial charge in [-0.2, -0.15) is 11.8 Å². The first-order valence-corrected chi connectivity index (χ1v) is 7.27. The Hall–Kier alpha value is -0.670. The van der Waals surface area contributed by atoms with E-state index in [0.717, 1.165) is 5.75 Å². The van der Waals surface area contributed by atoms with Crippen LogP contribution in [-0.4, -0.2) is 18.6 Å². The summed E-state index contributed by atoms with van der Waals surface area (Å²) in [7, 11) is 1.73. The van der Waals surface area contributed by atoms with Crippen LogP contribution in [0.25, 0.3) is 0 Å². The molecule has 0 radical (unpaired) electrons. The molecule has 1 fully saturated rings. The minimum absolute atomic E-state index is 0.112. The van der Waals surface area contributed by atoms with Gasteiger partial charge < -0.3 is 10.5 Å². The predicted molar refractivity (Wildman–Crippen MR) is 74.8 cm³/mol. The molecule has 0 aromatic heterocycles. The molecule has 1 saturated heterocycles. The second kappa shape index (κ2) is 5.32. The van der Waals surface area contributed by atoms with Crippen molar-refractivity contribution in [2.24, 2.45) is 11.7 Å². The number of aryl methyl sites for hydroxylation is 2. The highest BCUT2D eigenvalue weighted by molar-refractivity contribution is 7.99. The fourth-order valence-corrected chi connectivity index (χ4v) is 3.92. The Kier molecular flexibility index (Phi) is 4.00. The third-order valence-electron chi connectivity index (χ3n) is 3.52. The summed E-state index contributed by atoms with van der Waals surface area (Å²) in [6, 6.07) is 4.39. The van der Waals surface area contributed by atoms with Gasteiger partial charge in [-0.05, 0) is 54.9 Å². The zero-order chi connectivity index (χ0) is 12.4. The molecular weight excluding hydrogens is 230 g/mol. The van der Waals surface area contributed by atoms with E-state index in [1.807, 2.05) is 11.8 Å². The minimum Gasteiger partial charge on any atom is -0.496 e. The molecule has 1 heterocycles. The zero-order valence-electron chi connectivity index (χ0n) is 10.8. The van der Waals surface area contributed by atoms with Crippen LogP contribution in [0.15, 0.2) is 12.1 Å². The Morgan fingerprint density at radius 1 is 1.41 bits per heavy atom. The van der Waals surface area contributed by atoms with Gasteiger partial charge in [0.05, 0.1) is 7.11 Å². The fourth-order valence-electron chi connectivity index (χ4n) is 2.61. The molecular formula is C14H21NOS. The van der Waals surface area contributed by atoms with Gasteiger partial charge in [-0.3, -0.25) is 0 Å². The van der Waals surface area contributed by atoms with Crippen LogP contribution < -0.4 is 10.5 Å². The number of benzene rings is 1. The molecule has 94 valence electrons. The van der Waals surface area contributed by atoms with Crippen LogP contribution in [0.3, 0.4) is 0 Å². The topological polar surface area (TPSA) is 35.2 Å². The maximum atomic E-state index is 6.43. The molecule has 0 spiro atoms. The van der Waals surface area contributed by atoms with Crippen molar-refractivity contribution in [3.05, 3.63) is 28.8 Å². The average Bonchev–Trinajstić information content (AvgIpc) is 2.80. The lowest BCUT2D eigenvalue weighted by Crippen LogP contribution is -2.22. The van der Waals surface area contributed by atoms with Crippen LogP contribution in [-0.2, 0) is 0 Å². The Morgan fingerprint density at radius 3 is 2.76 bits per heavy atom. The van der Waals surface area contributed by atoms with Crippen molar-refractivity contribution in [2.45, 2.75) is 26.3 Å². The lowest BCUT2D eigenvalue weighted by atomic mass is 9.89. The van der Waals surface area contributed by atoms with Gasteiger partial charge in [0.2, 0.25) is 0 Å². The zero-order valence-corrected chi connectivity index (χ0v) is 11.6. The number of methoxy groups -OCH3 is 1. The van der Waals surface area contributed by atoms with E-state index in [1.54, 1.807) is 7.11 Å². The summed E-state index contributed by atoms with van der Waals surface area (Å²) >= 11 is 2.01. The fraction of sp³-hybridized carbons (Fsp3) is 0.571. The summed E-state index contributed by atoms with van der Waals surface area (Å²) in [4.78, 5) is 0. The molecule has 1 aliphatic rings. The van der Waals surface area contributed by atoms with Crippen LogP contribution in [0.2, 0.25) is 0 Å². The van der Waals surface area contributed by atoms with Crippen molar-refractivity contribution in [3.63, 3.8) is 0 Å². The van der Waals surface area contributed by atoms with Crippen molar-refractivity contribution in [3.8, 4) is 5.75 Å². The van der Waals surface area contributed by atoms with Gasteiger partial charge in [0, 0.05) is 11.6 Å². The number of thioether (sulfide) groups is 1. The van der Waals surface area contributed by atoms with E-state index in [-0.39, 0.29) is 6.04 Å². The summed E-state index contributed by atoms with van der Waals surface area (Å²) in [6.45, 7) is 4.23. The number of ether oxygens (including phenoxy) is 1. The first-order valence-electron chi connectivity index (χ1n) is 6.12. The van der Waals surface area contributed by atoms with E-state index >= 15 is 0 Å². The SMILES string of the molecule is COc1cc(C)cc(C)c1C(N)C1CCSC1. The van der Waals surface area contributed by atoms with Gasteiger partial charge in [0.1, 0.15) is 5.75 Å². The molecule has 2 N–H and O–H groups in total. The van der Waals surface area contributed by atoms with Crippen molar-refractivity contribution in [2.75, 3.05) is 18.6 Å². The minimum atomic E-state index is 0.112. The first kappa shape index (κ1) is 12.8. The molecule has 0 bridgehead atoms. The lowest BCUT2D eigenvalue weighted by molar-refractivity contribution is 0.391. The molecule has 2 rings (SSSR count). The average molecular weight is 251 g/mol. The van der Waals surface area contributed by atoms with Gasteiger partial charge in [-0.1, -0.05) is 6.07 Å². The Labute approximate surface area is 108 Å². The quantitative estimate of drug-likeness (QED) is 0.896. The van der Waals surface area contributed by atoms with Crippen LogP contribution in [0, 0.1) is 19.8 Å². The Bertz CT molecular complexity index is 399. The van der Waals surface area contributed by atoms with Gasteiger partial charge in [0.25, 0.3) is 0 Å². The van der Waals surface area contributed by atoms with Crippen LogP contribution in [0.5, 0.6) is 5.75 Å². The van der Waals surface area contributed by atoms with Gasteiger partial charge in [0.15, 0.2) is 0 Å². The summed E-state index contributed by atoms with van der Waals surface area (Å²) in [5.41, 5.74) is 10.1. The number of hydrogen-bond acceptors (Lipinski definition) is 3. The third-order valence-corrected chi connectivity index (χ3v) is 4.71. The van der Waals surface area contributed by atoms with Crippen LogP contribution in [0.4, 0.5) is 0 Å². The molecule has 17 heavy (non-hydrogen) atoms. The van der Waals surface area contributed by atoms with E-state index < -0.39 is 0 Å². The molecule has 0 amide bonds. The van der Waals surface area contributed by atoms with Crippen LogP contribution >= 0.6 is 11.8 Å². The van der Waals surface area contributed by atoms with Crippen LogP contribution in [0.1, 0.15) is 29.2 Å². The van der Waals surface area contributed by atoms with Crippen molar-refractivity contribution >= 4 is 11.8 Å². The van der Waals surface area contributed by atoms with Gasteiger partial charge >= 0.3 is 0 Å². The van der Waals surface area contributed by atoms with Crippen molar-refractivity contribution in [1.29, 1.82) is 0 Å². The molecule has 3 heteroatoms. The van der Waals surface area contributed by atoms with E-state index in [9.17, 15) is 0 Å². The first-order chi connectivity index (χ1) is 8.13. The maximum Gasteiger partial charge on any atom is 0.124 e. The molecule has 1 aliphatic heterocycles. The second-order valence-corrected chi connectivity index (χ2v) is 6.00. The molecule has 2 nitrogen and oxygen atoms in total. The Morgan fingerprint density at radius 2 is 2.18 bits per heavy atom. The normalized spacial score (nSPS) is 21.5. The van der Waals surface area contributed by atoms with Crippen molar-refractivity contribution < 1.29 is 4.74 Å². The molecule has 2 unspecified atom stereocenters. The largest absolute Gasteiger partial charge is 0.496 e. The highest BCUT2D eigenvalue weighted by Crippen LogP contribution is 2.38. The number of nitrogens with two attached hydrogens (primary N) is 1. The predicted octanol–water partition coefficient (Wildman–Crippen LogP) is 3.06. The monoisotopic (exact) mass is 251 g/mol. The highest BCUT2D eigenvalue weighted by Gasteiger charge is 2.27. The second-order valence-electron chi connectivity index (χ2n) is 4.85. The third kappa shape index (κ3) is 2.61. The lowest BCUT2D eigenvalue weighted by Gasteiger charge is -2.23. The van der Waals surface area contributed by atoms with E-state index in [1.165, 1.54) is 34.6 Å². The molecule has 1 aromatic rings. The summed E-state index contributed by atoms with van der Waals surface area (Å²) < 4.78 is 5.50. The van der Waals surface area contributed by atoms with E-state index in [0.29, 0.717) is 5.92 Å². The van der Waals surface area contributed by atoms with Crippen molar-refractivity contribution in [1.82, 2.24) is 0 Å². The smallest absolute Gasteiger partial charge is 0.124 e. The summed E-state index contributed by atoms with van der Waals surface area (Å²) in [5.74, 6) is 3.96. The van der Waals surface area contributed by atoms with E-state index in [4.69, 9.17) is 10.5 Å². The van der Waals surface area contributed by atoms with E-state index in [2.05, 4.69) is 26.0 Å². The maximum absolute atomic E-state index is 6.43. The molecule has 1 aromatic carbocycles.